The van der Waals surface area contributed by atoms with Crippen LogP contribution in [-0.4, -0.2) is 97.5 Å². The Morgan fingerprint density at radius 2 is 1.65 bits per heavy atom. The third-order valence-corrected chi connectivity index (χ3v) is 7.81. The van der Waals surface area contributed by atoms with Crippen LogP contribution < -0.4 is 0 Å². The average molecular weight is 427 g/mol. The van der Waals surface area contributed by atoms with Gasteiger partial charge >= 0.3 is 0 Å². The molecule has 3 aliphatic heterocycles. The molecule has 1 atom stereocenters. The quantitative estimate of drug-likeness (QED) is 0.700. The highest BCUT2D eigenvalue weighted by Gasteiger charge is 2.29. The van der Waals surface area contributed by atoms with Gasteiger partial charge in [0.1, 0.15) is 0 Å². The van der Waals surface area contributed by atoms with Crippen LogP contribution in [-0.2, 0) is 11.2 Å². The molecule has 4 rings (SSSR count). The predicted molar refractivity (Wildman–Crippen MR) is 127 cm³/mol. The number of rotatable bonds is 6. The van der Waals surface area contributed by atoms with Crippen molar-refractivity contribution < 1.29 is 4.79 Å². The van der Waals surface area contributed by atoms with E-state index in [1.807, 2.05) is 0 Å². The van der Waals surface area contributed by atoms with Crippen molar-refractivity contribution in [2.24, 2.45) is 5.92 Å². The Hall–Kier alpha value is -1.43. The summed E-state index contributed by atoms with van der Waals surface area (Å²) in [6, 6.07) is 9.67. The van der Waals surface area contributed by atoms with Gasteiger partial charge in [0.05, 0.1) is 6.54 Å². The number of carbonyl (C=O) groups excluding carboxylic acids is 1. The summed E-state index contributed by atoms with van der Waals surface area (Å²) in [4.78, 5) is 22.5. The zero-order valence-electron chi connectivity index (χ0n) is 19.8. The smallest absolute Gasteiger partial charge is 0.236 e. The molecule has 3 heterocycles. The van der Waals surface area contributed by atoms with E-state index in [1.165, 1.54) is 62.7 Å². The lowest BCUT2D eigenvalue weighted by molar-refractivity contribution is -0.134. The van der Waals surface area contributed by atoms with Gasteiger partial charge in [0.15, 0.2) is 0 Å². The minimum absolute atomic E-state index is 0.350. The Bertz CT molecular complexity index is 690. The van der Waals surface area contributed by atoms with Crippen LogP contribution >= 0.6 is 0 Å². The molecule has 0 saturated carbocycles. The fraction of sp³-hybridized carbons (Fsp3) is 0.731. The Morgan fingerprint density at radius 1 is 0.935 bits per heavy atom. The lowest BCUT2D eigenvalue weighted by atomic mass is 9.90. The van der Waals surface area contributed by atoms with Crippen LogP contribution in [0.1, 0.15) is 43.2 Å². The number of carbonyl (C=O) groups is 1. The molecule has 3 fully saturated rings. The first-order valence-corrected chi connectivity index (χ1v) is 12.5. The van der Waals surface area contributed by atoms with Gasteiger partial charge in [0, 0.05) is 51.9 Å². The number of piperidine rings is 2. The molecule has 1 aromatic rings. The maximum atomic E-state index is 12.9. The SMILES string of the molecule is Cc1ccc(CCC2CCN(C(=O)CN3CCN(C4CCCN(C)C4)CC3)CC2)cc1. The summed E-state index contributed by atoms with van der Waals surface area (Å²) in [7, 11) is 2.24. The molecule has 3 saturated heterocycles. The van der Waals surface area contributed by atoms with Crippen LogP contribution in [0.25, 0.3) is 0 Å². The maximum absolute atomic E-state index is 12.9. The number of aryl methyl sites for hydroxylation is 2. The summed E-state index contributed by atoms with van der Waals surface area (Å²) in [5, 5.41) is 0. The Balaban J connectivity index is 1.13. The molecule has 172 valence electrons. The molecule has 31 heavy (non-hydrogen) atoms. The molecule has 0 aliphatic carbocycles. The molecular weight excluding hydrogens is 384 g/mol. The van der Waals surface area contributed by atoms with Crippen molar-refractivity contribution in [3.05, 3.63) is 35.4 Å². The van der Waals surface area contributed by atoms with Gasteiger partial charge < -0.3 is 9.80 Å². The first-order valence-electron chi connectivity index (χ1n) is 12.5. The molecule has 1 unspecified atom stereocenters. The van der Waals surface area contributed by atoms with Crippen molar-refractivity contribution in [1.82, 2.24) is 19.6 Å². The topological polar surface area (TPSA) is 30.0 Å². The van der Waals surface area contributed by atoms with Crippen molar-refractivity contribution in [1.29, 1.82) is 0 Å². The second-order valence-corrected chi connectivity index (χ2v) is 10.2. The standard InChI is InChI=1S/C26H42N4O/c1-22-5-7-23(8-6-22)9-10-24-11-14-30(15-12-24)26(31)21-28-16-18-29(19-17-28)25-4-3-13-27(2)20-25/h5-8,24-25H,3-4,9-21H2,1-2H3. The van der Waals surface area contributed by atoms with Crippen LogP contribution in [0, 0.1) is 12.8 Å². The van der Waals surface area contributed by atoms with Crippen LogP contribution in [0.15, 0.2) is 24.3 Å². The zero-order valence-corrected chi connectivity index (χ0v) is 19.8. The van der Waals surface area contributed by atoms with Crippen molar-refractivity contribution in [2.75, 3.05) is 66.0 Å². The number of likely N-dealkylation sites (N-methyl/N-ethyl adjacent to an activating group) is 1. The van der Waals surface area contributed by atoms with Crippen molar-refractivity contribution in [3.63, 3.8) is 0 Å². The lowest BCUT2D eigenvalue weighted by Crippen LogP contribution is -2.56. The molecule has 1 aromatic carbocycles. The fourth-order valence-corrected chi connectivity index (χ4v) is 5.61. The summed E-state index contributed by atoms with van der Waals surface area (Å²) in [5.74, 6) is 1.12. The largest absolute Gasteiger partial charge is 0.342 e. The normalized spacial score (nSPS) is 25.1. The van der Waals surface area contributed by atoms with Crippen molar-refractivity contribution in [3.8, 4) is 0 Å². The highest BCUT2D eigenvalue weighted by molar-refractivity contribution is 5.78. The van der Waals surface area contributed by atoms with Gasteiger partial charge in [0.25, 0.3) is 0 Å². The van der Waals surface area contributed by atoms with E-state index in [0.717, 1.165) is 51.2 Å². The second kappa shape index (κ2) is 10.9. The third-order valence-electron chi connectivity index (χ3n) is 7.81. The Morgan fingerprint density at radius 3 is 2.32 bits per heavy atom. The third kappa shape index (κ3) is 6.53. The van der Waals surface area contributed by atoms with E-state index in [-0.39, 0.29) is 0 Å². The number of amides is 1. The Labute approximate surface area is 189 Å². The highest BCUT2D eigenvalue weighted by atomic mass is 16.2. The van der Waals surface area contributed by atoms with Gasteiger partial charge in [0.2, 0.25) is 5.91 Å². The molecule has 0 spiro atoms. The number of hydrogen-bond donors (Lipinski definition) is 0. The van der Waals surface area contributed by atoms with E-state index >= 15 is 0 Å². The molecule has 1 amide bonds. The number of piperazine rings is 1. The molecule has 0 aromatic heterocycles. The van der Waals surface area contributed by atoms with Gasteiger partial charge in [-0.05, 0) is 70.5 Å². The van der Waals surface area contributed by atoms with Crippen LogP contribution in [0.3, 0.4) is 0 Å². The highest BCUT2D eigenvalue weighted by Crippen LogP contribution is 2.23. The van der Waals surface area contributed by atoms with Gasteiger partial charge in [-0.1, -0.05) is 29.8 Å². The summed E-state index contributed by atoms with van der Waals surface area (Å²) >= 11 is 0. The zero-order chi connectivity index (χ0) is 21.6. The van der Waals surface area contributed by atoms with Gasteiger partial charge in [-0.15, -0.1) is 0 Å². The van der Waals surface area contributed by atoms with E-state index in [9.17, 15) is 4.79 Å². The fourth-order valence-electron chi connectivity index (χ4n) is 5.61. The summed E-state index contributed by atoms with van der Waals surface area (Å²) in [6.45, 7) is 11.4. The first-order chi connectivity index (χ1) is 15.1. The number of nitrogens with zero attached hydrogens (tertiary/aromatic N) is 4. The van der Waals surface area contributed by atoms with Gasteiger partial charge in [-0.2, -0.15) is 0 Å². The van der Waals surface area contributed by atoms with Crippen molar-refractivity contribution >= 4 is 5.91 Å². The van der Waals surface area contributed by atoms with Crippen molar-refractivity contribution in [2.45, 2.75) is 51.5 Å². The number of benzene rings is 1. The number of likely N-dealkylation sites (tertiary alicyclic amines) is 2. The Kier molecular flexibility index (Phi) is 8.02. The van der Waals surface area contributed by atoms with E-state index in [2.05, 4.69) is 57.8 Å². The minimum atomic E-state index is 0.350. The van der Waals surface area contributed by atoms with Crippen LogP contribution in [0.2, 0.25) is 0 Å². The van der Waals surface area contributed by atoms with E-state index < -0.39 is 0 Å². The monoisotopic (exact) mass is 426 g/mol. The van der Waals surface area contributed by atoms with Gasteiger partial charge in [-0.3, -0.25) is 14.6 Å². The summed E-state index contributed by atoms with van der Waals surface area (Å²) < 4.78 is 0. The molecule has 3 aliphatic rings. The summed E-state index contributed by atoms with van der Waals surface area (Å²) in [5.41, 5.74) is 2.78. The minimum Gasteiger partial charge on any atom is -0.342 e. The molecule has 0 bridgehead atoms. The molecule has 5 nitrogen and oxygen atoms in total. The average Bonchev–Trinajstić information content (AvgIpc) is 2.79. The predicted octanol–water partition coefficient (Wildman–Crippen LogP) is 2.88. The van der Waals surface area contributed by atoms with Crippen LogP contribution in [0.4, 0.5) is 0 Å². The van der Waals surface area contributed by atoms with E-state index in [4.69, 9.17) is 0 Å². The first kappa shape index (κ1) is 22.8. The maximum Gasteiger partial charge on any atom is 0.236 e. The molecule has 5 heteroatoms. The van der Waals surface area contributed by atoms with Crippen LogP contribution in [0.5, 0.6) is 0 Å². The molecule has 0 N–H and O–H groups in total. The molecular formula is C26H42N4O. The molecule has 0 radical (unpaired) electrons. The second-order valence-electron chi connectivity index (χ2n) is 10.2. The number of hydrogen-bond acceptors (Lipinski definition) is 4. The van der Waals surface area contributed by atoms with E-state index in [0.29, 0.717) is 12.5 Å². The van der Waals surface area contributed by atoms with E-state index in [1.54, 1.807) is 0 Å². The summed E-state index contributed by atoms with van der Waals surface area (Å²) in [6.07, 6.45) is 7.41. The lowest BCUT2D eigenvalue weighted by Gasteiger charge is -2.43. The van der Waals surface area contributed by atoms with Gasteiger partial charge in [-0.25, -0.2) is 0 Å².